The number of unbranched alkanes of at least 4 members (excludes halogenated alkanes) is 1. The van der Waals surface area contributed by atoms with Crippen molar-refractivity contribution in [1.29, 1.82) is 0 Å². The van der Waals surface area contributed by atoms with Gasteiger partial charge in [0.25, 0.3) is 0 Å². The van der Waals surface area contributed by atoms with Gasteiger partial charge in [0.15, 0.2) is 0 Å². The second-order valence-corrected chi connectivity index (χ2v) is 2.85. The molecular weight excluding hydrogens is 188 g/mol. The van der Waals surface area contributed by atoms with Crippen LogP contribution in [0.4, 0.5) is 4.79 Å². The van der Waals surface area contributed by atoms with Crippen LogP contribution < -0.4 is 5.32 Å². The molecule has 82 valence electrons. The van der Waals surface area contributed by atoms with Gasteiger partial charge in [0.2, 0.25) is 5.91 Å². The van der Waals surface area contributed by atoms with Crippen LogP contribution in [-0.2, 0) is 4.79 Å². The minimum Gasteiger partial charge on any atom is -0.465 e. The maximum Gasteiger partial charge on any atom is 0.404 e. The van der Waals surface area contributed by atoms with E-state index in [4.69, 9.17) is 10.3 Å². The molecule has 3 N–H and O–H groups in total. The lowest BCUT2D eigenvalue weighted by Crippen LogP contribution is -2.32. The minimum absolute atomic E-state index is 0.0213. The zero-order valence-corrected chi connectivity index (χ0v) is 8.19. The standard InChI is InChI=1S/C8H16N2O4/c1-2-3-6-10(14)7(11)4-5-9-8(12)13/h9,14H,2-6H2,1H3,(H,12,13). The van der Waals surface area contributed by atoms with Gasteiger partial charge < -0.3 is 10.4 Å². The molecule has 14 heavy (non-hydrogen) atoms. The molecule has 0 bridgehead atoms. The van der Waals surface area contributed by atoms with Crippen LogP contribution in [0.15, 0.2) is 0 Å². The summed E-state index contributed by atoms with van der Waals surface area (Å²) >= 11 is 0. The second kappa shape index (κ2) is 7.14. The third kappa shape index (κ3) is 6.24. The fraction of sp³-hybridized carbons (Fsp3) is 0.750. The highest BCUT2D eigenvalue weighted by atomic mass is 16.5. The number of carbonyl (C=O) groups is 2. The van der Waals surface area contributed by atoms with Crippen LogP contribution in [0.3, 0.4) is 0 Å². The molecule has 6 nitrogen and oxygen atoms in total. The first kappa shape index (κ1) is 12.7. The lowest BCUT2D eigenvalue weighted by atomic mass is 10.3. The van der Waals surface area contributed by atoms with Crippen LogP contribution in [-0.4, -0.2) is 40.5 Å². The van der Waals surface area contributed by atoms with Crippen LogP contribution in [0.1, 0.15) is 26.2 Å². The Morgan fingerprint density at radius 3 is 2.57 bits per heavy atom. The molecule has 0 aliphatic heterocycles. The van der Waals surface area contributed by atoms with Crippen LogP contribution in [0.2, 0.25) is 0 Å². The highest BCUT2D eigenvalue weighted by Crippen LogP contribution is 1.94. The molecule has 0 aliphatic rings. The summed E-state index contributed by atoms with van der Waals surface area (Å²) in [7, 11) is 0. The summed E-state index contributed by atoms with van der Waals surface area (Å²) in [4.78, 5) is 21.1. The maximum atomic E-state index is 11.1. The summed E-state index contributed by atoms with van der Waals surface area (Å²) in [5.41, 5.74) is 0. The van der Waals surface area contributed by atoms with E-state index in [1.54, 1.807) is 0 Å². The Morgan fingerprint density at radius 1 is 1.43 bits per heavy atom. The molecule has 0 saturated heterocycles. The van der Waals surface area contributed by atoms with Gasteiger partial charge in [-0.25, -0.2) is 9.86 Å². The van der Waals surface area contributed by atoms with Crippen molar-refractivity contribution in [2.45, 2.75) is 26.2 Å². The molecule has 2 amide bonds. The van der Waals surface area contributed by atoms with Gasteiger partial charge in [-0.1, -0.05) is 13.3 Å². The van der Waals surface area contributed by atoms with E-state index in [9.17, 15) is 9.59 Å². The average Bonchev–Trinajstić information content (AvgIpc) is 2.13. The molecule has 0 fully saturated rings. The van der Waals surface area contributed by atoms with E-state index in [-0.39, 0.29) is 13.0 Å². The smallest absolute Gasteiger partial charge is 0.404 e. The first-order valence-electron chi connectivity index (χ1n) is 4.54. The van der Waals surface area contributed by atoms with Gasteiger partial charge >= 0.3 is 6.09 Å². The molecule has 0 saturated carbocycles. The molecule has 0 spiro atoms. The van der Waals surface area contributed by atoms with Crippen LogP contribution in [0, 0.1) is 0 Å². The molecule has 0 aromatic heterocycles. The first-order valence-corrected chi connectivity index (χ1v) is 4.54. The van der Waals surface area contributed by atoms with Crippen LogP contribution in [0.25, 0.3) is 0 Å². The van der Waals surface area contributed by atoms with E-state index >= 15 is 0 Å². The summed E-state index contributed by atoms with van der Waals surface area (Å²) in [6.45, 7) is 2.27. The quantitative estimate of drug-likeness (QED) is 0.438. The third-order valence-corrected chi connectivity index (χ3v) is 1.63. The number of nitrogens with zero attached hydrogens (tertiary/aromatic N) is 1. The SMILES string of the molecule is CCCCN(O)C(=O)CCNC(=O)O. The molecule has 0 unspecified atom stereocenters. The predicted molar refractivity (Wildman–Crippen MR) is 49.1 cm³/mol. The molecule has 0 aromatic rings. The number of hydroxylamine groups is 2. The number of hydrogen-bond donors (Lipinski definition) is 3. The van der Waals surface area contributed by atoms with Gasteiger partial charge in [-0.15, -0.1) is 0 Å². The average molecular weight is 204 g/mol. The predicted octanol–water partition coefficient (Wildman–Crippen LogP) is 0.662. The number of rotatable bonds is 6. The summed E-state index contributed by atoms with van der Waals surface area (Å²) in [5, 5.41) is 20.0. The van der Waals surface area contributed by atoms with Gasteiger partial charge in [0.1, 0.15) is 0 Å². The number of hydrogen-bond acceptors (Lipinski definition) is 3. The largest absolute Gasteiger partial charge is 0.465 e. The molecule has 6 heteroatoms. The van der Waals surface area contributed by atoms with E-state index in [0.29, 0.717) is 11.6 Å². The second-order valence-electron chi connectivity index (χ2n) is 2.85. The normalized spacial score (nSPS) is 9.57. The number of carboxylic acid groups (broad SMARTS) is 1. The van der Waals surface area contributed by atoms with Crippen molar-refractivity contribution < 1.29 is 19.9 Å². The molecule has 0 aromatic carbocycles. The van der Waals surface area contributed by atoms with E-state index in [1.165, 1.54) is 0 Å². The van der Waals surface area contributed by atoms with Gasteiger partial charge in [-0.05, 0) is 6.42 Å². The van der Waals surface area contributed by atoms with E-state index in [1.807, 2.05) is 12.2 Å². The van der Waals surface area contributed by atoms with E-state index < -0.39 is 12.0 Å². The summed E-state index contributed by atoms with van der Waals surface area (Å²) in [6.07, 6.45) is 0.426. The number of carbonyl (C=O) groups excluding carboxylic acids is 1. The number of nitrogens with one attached hydrogen (secondary N) is 1. The fourth-order valence-corrected chi connectivity index (χ4v) is 0.838. The summed E-state index contributed by atoms with van der Waals surface area (Å²) in [6, 6.07) is 0. The Hall–Kier alpha value is -1.30. The summed E-state index contributed by atoms with van der Waals surface area (Å²) in [5.74, 6) is -0.466. The molecule has 0 atom stereocenters. The molecule has 0 rings (SSSR count). The van der Waals surface area contributed by atoms with Gasteiger partial charge in [0.05, 0.1) is 0 Å². The van der Waals surface area contributed by atoms with Crippen molar-refractivity contribution in [1.82, 2.24) is 10.4 Å². The Bertz CT molecular complexity index is 196. The third-order valence-electron chi connectivity index (χ3n) is 1.63. The lowest BCUT2D eigenvalue weighted by molar-refractivity contribution is -0.165. The molecule has 0 aliphatic carbocycles. The molecule has 0 radical (unpaired) electrons. The van der Waals surface area contributed by atoms with Crippen molar-refractivity contribution in [2.75, 3.05) is 13.1 Å². The van der Waals surface area contributed by atoms with Crippen molar-refractivity contribution in [3.63, 3.8) is 0 Å². The van der Waals surface area contributed by atoms with Crippen molar-refractivity contribution in [3.8, 4) is 0 Å². The minimum atomic E-state index is -1.17. The van der Waals surface area contributed by atoms with E-state index in [0.717, 1.165) is 12.8 Å². The maximum absolute atomic E-state index is 11.1. The van der Waals surface area contributed by atoms with Crippen molar-refractivity contribution in [3.05, 3.63) is 0 Å². The summed E-state index contributed by atoms with van der Waals surface area (Å²) < 4.78 is 0. The van der Waals surface area contributed by atoms with Crippen LogP contribution in [0.5, 0.6) is 0 Å². The van der Waals surface area contributed by atoms with Crippen molar-refractivity contribution >= 4 is 12.0 Å². The highest BCUT2D eigenvalue weighted by Gasteiger charge is 2.09. The first-order chi connectivity index (χ1) is 6.57. The lowest BCUT2D eigenvalue weighted by Gasteiger charge is -2.13. The zero-order chi connectivity index (χ0) is 11.0. The van der Waals surface area contributed by atoms with Crippen LogP contribution >= 0.6 is 0 Å². The molecule has 0 heterocycles. The fourth-order valence-electron chi connectivity index (χ4n) is 0.838. The Balaban J connectivity index is 3.56. The topological polar surface area (TPSA) is 89.9 Å². The number of amides is 2. The monoisotopic (exact) mass is 204 g/mol. The highest BCUT2D eigenvalue weighted by molar-refractivity contribution is 5.75. The zero-order valence-electron chi connectivity index (χ0n) is 8.19. The van der Waals surface area contributed by atoms with Crippen molar-refractivity contribution in [2.24, 2.45) is 0 Å². The van der Waals surface area contributed by atoms with Gasteiger partial charge in [-0.2, -0.15) is 0 Å². The molecular formula is C8H16N2O4. The van der Waals surface area contributed by atoms with Gasteiger partial charge in [0, 0.05) is 19.5 Å². The Labute approximate surface area is 82.5 Å². The van der Waals surface area contributed by atoms with Gasteiger partial charge in [-0.3, -0.25) is 10.0 Å². The Morgan fingerprint density at radius 2 is 2.07 bits per heavy atom. The Kier molecular flexibility index (Phi) is 6.47. The van der Waals surface area contributed by atoms with E-state index in [2.05, 4.69) is 0 Å².